The van der Waals surface area contributed by atoms with Crippen LogP contribution in [0, 0.1) is 5.41 Å². The molecule has 0 saturated heterocycles. The molecule has 0 spiro atoms. The molecule has 0 radical (unpaired) electrons. The van der Waals surface area contributed by atoms with Gasteiger partial charge in [-0.15, -0.1) is 0 Å². The molecule has 140 valence electrons. The Bertz CT molecular complexity index is 202. The van der Waals surface area contributed by atoms with E-state index in [4.69, 9.17) is 0 Å². The van der Waals surface area contributed by atoms with Gasteiger partial charge in [0.1, 0.15) is 0 Å². The summed E-state index contributed by atoms with van der Waals surface area (Å²) in [5, 5.41) is 1.18. The summed E-state index contributed by atoms with van der Waals surface area (Å²) in [6, 6.07) is 0. The highest BCUT2D eigenvalue weighted by molar-refractivity contribution is 9.09. The number of unbranched alkanes of at least 4 members (excludes halogenated alkanes) is 9. The SMILES string of the molecule is CCCCC(CCCC)(CCCC)CCCCCCCCCBr. The fourth-order valence-corrected chi connectivity index (χ4v) is 4.28. The van der Waals surface area contributed by atoms with Crippen molar-refractivity contribution in [1.29, 1.82) is 0 Å². The van der Waals surface area contributed by atoms with Crippen LogP contribution in [0.25, 0.3) is 0 Å². The molecule has 0 aliphatic heterocycles. The fraction of sp³-hybridized carbons (Fsp3) is 1.00. The molecule has 0 bridgehead atoms. The summed E-state index contributed by atoms with van der Waals surface area (Å²) in [5.41, 5.74) is 0.692. The molecule has 0 atom stereocenters. The molecule has 0 aromatic rings. The molecule has 0 saturated carbocycles. The number of hydrogen-bond donors (Lipinski definition) is 0. The minimum atomic E-state index is 0.692. The van der Waals surface area contributed by atoms with Gasteiger partial charge in [-0.2, -0.15) is 0 Å². The quantitative estimate of drug-likeness (QED) is 0.162. The first kappa shape index (κ1) is 23.5. The average Bonchev–Trinajstić information content (AvgIpc) is 2.58. The van der Waals surface area contributed by atoms with Crippen LogP contribution in [0.3, 0.4) is 0 Å². The second-order valence-electron chi connectivity index (χ2n) is 7.72. The lowest BCUT2D eigenvalue weighted by atomic mass is 9.71. The number of hydrogen-bond acceptors (Lipinski definition) is 0. The maximum atomic E-state index is 3.53. The lowest BCUT2D eigenvalue weighted by molar-refractivity contribution is 0.175. The molecular formula is C22H45Br. The Balaban J connectivity index is 4.14. The second-order valence-corrected chi connectivity index (χ2v) is 8.52. The summed E-state index contributed by atoms with van der Waals surface area (Å²) >= 11 is 3.53. The zero-order valence-corrected chi connectivity index (χ0v) is 18.2. The molecule has 0 unspecified atom stereocenters. The third-order valence-electron chi connectivity index (χ3n) is 5.52. The van der Waals surface area contributed by atoms with Crippen LogP contribution in [0.15, 0.2) is 0 Å². The second kappa shape index (κ2) is 17.3. The largest absolute Gasteiger partial charge is 0.0928 e. The lowest BCUT2D eigenvalue weighted by Gasteiger charge is -2.35. The van der Waals surface area contributed by atoms with Crippen LogP contribution in [0.2, 0.25) is 0 Å². The highest BCUT2D eigenvalue weighted by Gasteiger charge is 2.27. The summed E-state index contributed by atoms with van der Waals surface area (Å²) in [7, 11) is 0. The topological polar surface area (TPSA) is 0 Å². The van der Waals surface area contributed by atoms with Crippen molar-refractivity contribution in [2.24, 2.45) is 5.41 Å². The molecule has 0 N–H and O–H groups in total. The number of rotatable bonds is 18. The molecule has 0 amide bonds. The molecule has 23 heavy (non-hydrogen) atoms. The van der Waals surface area contributed by atoms with Crippen LogP contribution >= 0.6 is 15.9 Å². The van der Waals surface area contributed by atoms with E-state index in [-0.39, 0.29) is 0 Å². The van der Waals surface area contributed by atoms with Crippen LogP contribution < -0.4 is 0 Å². The minimum absolute atomic E-state index is 0.692. The Labute approximate surface area is 156 Å². The van der Waals surface area contributed by atoms with Gasteiger partial charge >= 0.3 is 0 Å². The Hall–Kier alpha value is 0.480. The van der Waals surface area contributed by atoms with E-state index in [1.807, 2.05) is 0 Å². The maximum absolute atomic E-state index is 3.53. The summed E-state index contributed by atoms with van der Waals surface area (Å²) in [4.78, 5) is 0. The van der Waals surface area contributed by atoms with E-state index >= 15 is 0 Å². The number of alkyl halides is 1. The summed E-state index contributed by atoms with van der Waals surface area (Å²) < 4.78 is 0. The minimum Gasteiger partial charge on any atom is -0.0928 e. The van der Waals surface area contributed by atoms with Crippen LogP contribution in [-0.4, -0.2) is 5.33 Å². The smallest absolute Gasteiger partial charge is 0.00313 e. The van der Waals surface area contributed by atoms with Crippen molar-refractivity contribution in [3.05, 3.63) is 0 Å². The van der Waals surface area contributed by atoms with Gasteiger partial charge in [0, 0.05) is 5.33 Å². The van der Waals surface area contributed by atoms with Crippen molar-refractivity contribution >= 4 is 15.9 Å². The Kier molecular flexibility index (Phi) is 17.7. The zero-order valence-electron chi connectivity index (χ0n) is 16.6. The Morgan fingerprint density at radius 1 is 0.478 bits per heavy atom. The van der Waals surface area contributed by atoms with Gasteiger partial charge in [0.25, 0.3) is 0 Å². The van der Waals surface area contributed by atoms with Crippen LogP contribution in [-0.2, 0) is 0 Å². The molecule has 0 nitrogen and oxygen atoms in total. The summed E-state index contributed by atoms with van der Waals surface area (Å²) in [5.74, 6) is 0. The van der Waals surface area contributed by atoms with Gasteiger partial charge in [0.05, 0.1) is 0 Å². The predicted octanol–water partition coefficient (Wildman–Crippen LogP) is 9.06. The average molecular weight is 390 g/mol. The van der Waals surface area contributed by atoms with Gasteiger partial charge in [-0.25, -0.2) is 0 Å². The van der Waals surface area contributed by atoms with E-state index in [1.165, 1.54) is 114 Å². The normalized spacial score (nSPS) is 12.0. The van der Waals surface area contributed by atoms with E-state index in [9.17, 15) is 0 Å². The van der Waals surface area contributed by atoms with Gasteiger partial charge < -0.3 is 0 Å². The first-order chi connectivity index (χ1) is 11.2. The monoisotopic (exact) mass is 388 g/mol. The van der Waals surface area contributed by atoms with Crippen molar-refractivity contribution in [3.63, 3.8) is 0 Å². The highest BCUT2D eigenvalue weighted by atomic mass is 79.9. The van der Waals surface area contributed by atoms with E-state index in [0.29, 0.717) is 5.41 Å². The summed E-state index contributed by atoms with van der Waals surface area (Å²) in [6.07, 6.45) is 24.5. The van der Waals surface area contributed by atoms with Gasteiger partial charge in [0.2, 0.25) is 0 Å². The fourth-order valence-electron chi connectivity index (χ4n) is 3.88. The van der Waals surface area contributed by atoms with Crippen LogP contribution in [0.5, 0.6) is 0 Å². The first-order valence-electron chi connectivity index (χ1n) is 10.8. The molecule has 0 rings (SSSR count). The molecule has 0 aromatic heterocycles. The Morgan fingerprint density at radius 2 is 0.826 bits per heavy atom. The summed E-state index contributed by atoms with van der Waals surface area (Å²) in [6.45, 7) is 7.08. The molecule has 0 fully saturated rings. The van der Waals surface area contributed by atoms with E-state index in [1.54, 1.807) is 0 Å². The third kappa shape index (κ3) is 13.4. The zero-order chi connectivity index (χ0) is 17.2. The molecular weight excluding hydrogens is 344 g/mol. The van der Waals surface area contributed by atoms with Crippen LogP contribution in [0.4, 0.5) is 0 Å². The molecule has 1 heteroatoms. The van der Waals surface area contributed by atoms with Crippen molar-refractivity contribution in [1.82, 2.24) is 0 Å². The van der Waals surface area contributed by atoms with Crippen molar-refractivity contribution in [3.8, 4) is 0 Å². The van der Waals surface area contributed by atoms with Crippen LogP contribution in [0.1, 0.15) is 130 Å². The highest BCUT2D eigenvalue weighted by Crippen LogP contribution is 2.41. The standard InChI is InChI=1S/C22H45Br/c1-4-7-17-22(18-8-5-2,19-9-6-3)20-15-13-11-10-12-14-16-21-23/h4-21H2,1-3H3. The van der Waals surface area contributed by atoms with Crippen molar-refractivity contribution in [2.75, 3.05) is 5.33 Å². The van der Waals surface area contributed by atoms with Gasteiger partial charge in [-0.3, -0.25) is 0 Å². The Morgan fingerprint density at radius 3 is 1.22 bits per heavy atom. The van der Waals surface area contributed by atoms with Gasteiger partial charge in [-0.05, 0) is 37.5 Å². The van der Waals surface area contributed by atoms with Crippen molar-refractivity contribution < 1.29 is 0 Å². The van der Waals surface area contributed by atoms with Gasteiger partial charge in [-0.1, -0.05) is 114 Å². The molecule has 0 heterocycles. The van der Waals surface area contributed by atoms with E-state index in [0.717, 1.165) is 0 Å². The molecule has 0 aliphatic carbocycles. The lowest BCUT2D eigenvalue weighted by Crippen LogP contribution is -2.21. The maximum Gasteiger partial charge on any atom is 0.00313 e. The molecule has 0 aliphatic rings. The third-order valence-corrected chi connectivity index (χ3v) is 6.08. The number of halogens is 1. The predicted molar refractivity (Wildman–Crippen MR) is 112 cm³/mol. The van der Waals surface area contributed by atoms with E-state index in [2.05, 4.69) is 36.7 Å². The van der Waals surface area contributed by atoms with E-state index < -0.39 is 0 Å². The molecule has 0 aromatic carbocycles. The first-order valence-corrected chi connectivity index (χ1v) is 11.9. The van der Waals surface area contributed by atoms with Crippen molar-refractivity contribution in [2.45, 2.75) is 130 Å². The van der Waals surface area contributed by atoms with Gasteiger partial charge in [0.15, 0.2) is 0 Å².